The van der Waals surface area contributed by atoms with Gasteiger partial charge in [0.05, 0.1) is 12.0 Å². The van der Waals surface area contributed by atoms with Gasteiger partial charge in [-0.05, 0) is 38.1 Å². The van der Waals surface area contributed by atoms with Crippen LogP contribution in [0.5, 0.6) is 0 Å². The summed E-state index contributed by atoms with van der Waals surface area (Å²) in [6.07, 6.45) is 6.65. The van der Waals surface area contributed by atoms with E-state index >= 15 is 0 Å². The van der Waals surface area contributed by atoms with Gasteiger partial charge in [-0.1, -0.05) is 12.8 Å². The lowest BCUT2D eigenvalue weighted by Gasteiger charge is -2.37. The fraction of sp³-hybridized carbons (Fsp3) is 0.867. The van der Waals surface area contributed by atoms with Crippen molar-refractivity contribution >= 4 is 11.8 Å². The summed E-state index contributed by atoms with van der Waals surface area (Å²) in [5, 5.41) is 6.29. The summed E-state index contributed by atoms with van der Waals surface area (Å²) in [4.78, 5) is 26.5. The fourth-order valence-electron chi connectivity index (χ4n) is 4.10. The third-order valence-corrected chi connectivity index (χ3v) is 5.35. The molecular formula is C15H25N3O2. The van der Waals surface area contributed by atoms with Crippen LogP contribution in [-0.2, 0) is 9.59 Å². The van der Waals surface area contributed by atoms with Crippen LogP contribution in [0, 0.1) is 11.3 Å². The predicted molar refractivity (Wildman–Crippen MR) is 76.1 cm³/mol. The average Bonchev–Trinajstić information content (AvgIpc) is 3.13. The van der Waals surface area contributed by atoms with Gasteiger partial charge in [0.1, 0.15) is 0 Å². The molecule has 1 saturated carbocycles. The molecule has 20 heavy (non-hydrogen) atoms. The molecule has 0 spiro atoms. The largest absolute Gasteiger partial charge is 0.346 e. The lowest BCUT2D eigenvalue weighted by atomic mass is 9.67. The molecule has 1 aliphatic carbocycles. The molecule has 0 bridgehead atoms. The molecule has 2 atom stereocenters. The molecule has 2 aliphatic heterocycles. The monoisotopic (exact) mass is 279 g/mol. The van der Waals surface area contributed by atoms with Crippen LogP contribution in [0.4, 0.5) is 0 Å². The van der Waals surface area contributed by atoms with Crippen LogP contribution in [0.1, 0.15) is 38.5 Å². The van der Waals surface area contributed by atoms with E-state index in [9.17, 15) is 9.59 Å². The molecule has 5 heteroatoms. The number of rotatable bonds is 3. The minimum atomic E-state index is -0.246. The molecule has 0 radical (unpaired) electrons. The van der Waals surface area contributed by atoms with Gasteiger partial charge in [0.25, 0.3) is 0 Å². The van der Waals surface area contributed by atoms with Crippen molar-refractivity contribution in [1.29, 1.82) is 0 Å². The zero-order chi connectivity index (χ0) is 14.0. The molecule has 2 amide bonds. The lowest BCUT2D eigenvalue weighted by molar-refractivity contribution is -0.138. The number of hydrogen-bond donors (Lipinski definition) is 2. The van der Waals surface area contributed by atoms with Gasteiger partial charge in [-0.3, -0.25) is 9.59 Å². The maximum Gasteiger partial charge on any atom is 0.241 e. The fourth-order valence-corrected chi connectivity index (χ4v) is 4.10. The van der Waals surface area contributed by atoms with E-state index < -0.39 is 0 Å². The van der Waals surface area contributed by atoms with Crippen molar-refractivity contribution in [2.45, 2.75) is 38.5 Å². The third kappa shape index (κ3) is 2.43. The molecular weight excluding hydrogens is 254 g/mol. The zero-order valence-electron chi connectivity index (χ0n) is 12.1. The first-order valence-electron chi connectivity index (χ1n) is 7.99. The van der Waals surface area contributed by atoms with Gasteiger partial charge in [0.15, 0.2) is 0 Å². The van der Waals surface area contributed by atoms with Crippen LogP contribution < -0.4 is 10.6 Å². The summed E-state index contributed by atoms with van der Waals surface area (Å²) >= 11 is 0. The number of amides is 2. The molecule has 3 rings (SSSR count). The number of hydrogen-bond acceptors (Lipinski definition) is 3. The second-order valence-corrected chi connectivity index (χ2v) is 6.50. The highest BCUT2D eigenvalue weighted by Crippen LogP contribution is 2.43. The van der Waals surface area contributed by atoms with Gasteiger partial charge < -0.3 is 15.5 Å². The number of carbonyl (C=O) groups excluding carboxylic acids is 2. The maximum atomic E-state index is 12.6. The summed E-state index contributed by atoms with van der Waals surface area (Å²) in [7, 11) is 0. The third-order valence-electron chi connectivity index (χ3n) is 5.35. The number of likely N-dealkylation sites (tertiary alicyclic amines) is 1. The van der Waals surface area contributed by atoms with Crippen molar-refractivity contribution in [3.63, 3.8) is 0 Å². The van der Waals surface area contributed by atoms with E-state index in [1.54, 1.807) is 0 Å². The Hall–Kier alpha value is -1.10. The molecule has 0 aromatic rings. The van der Waals surface area contributed by atoms with E-state index in [1.165, 1.54) is 6.42 Å². The van der Waals surface area contributed by atoms with Crippen molar-refractivity contribution in [2.24, 2.45) is 11.3 Å². The Morgan fingerprint density at radius 1 is 1.20 bits per heavy atom. The first-order valence-corrected chi connectivity index (χ1v) is 7.99. The highest BCUT2D eigenvalue weighted by Gasteiger charge is 2.49. The number of fused-ring (bicyclic) bond motifs is 1. The normalized spacial score (nSPS) is 33.0. The lowest BCUT2D eigenvalue weighted by Crippen LogP contribution is -2.50. The molecule has 5 nitrogen and oxygen atoms in total. The van der Waals surface area contributed by atoms with E-state index in [0.717, 1.165) is 58.3 Å². The van der Waals surface area contributed by atoms with E-state index in [0.29, 0.717) is 5.92 Å². The number of nitrogens with zero attached hydrogens (tertiary/aromatic N) is 1. The van der Waals surface area contributed by atoms with Crippen LogP contribution >= 0.6 is 0 Å². The summed E-state index contributed by atoms with van der Waals surface area (Å²) in [6.45, 7) is 3.61. The highest BCUT2D eigenvalue weighted by atomic mass is 16.2. The SMILES string of the molecule is O=C(CNC(=O)[C@@]12CCCC[C@H]1CNC2)N1CCCC1. The molecule has 0 aromatic heterocycles. The number of nitrogens with one attached hydrogen (secondary N) is 2. The maximum absolute atomic E-state index is 12.6. The minimum absolute atomic E-state index is 0.0746. The standard InChI is InChI=1S/C15H25N3O2/c19-13(18-7-3-4-8-18)10-17-14(20)15-6-2-1-5-12(15)9-16-11-15/h12,16H,1-11H2,(H,17,20)/t12-,15+/m0/s1. The number of carbonyl (C=O) groups is 2. The van der Waals surface area contributed by atoms with Gasteiger partial charge in [0, 0.05) is 19.6 Å². The Morgan fingerprint density at radius 3 is 2.80 bits per heavy atom. The Morgan fingerprint density at radius 2 is 2.00 bits per heavy atom. The molecule has 2 N–H and O–H groups in total. The first kappa shape index (κ1) is 13.9. The van der Waals surface area contributed by atoms with Gasteiger partial charge in [-0.25, -0.2) is 0 Å². The quantitative estimate of drug-likeness (QED) is 0.791. The van der Waals surface area contributed by atoms with Crippen LogP contribution in [0.3, 0.4) is 0 Å². The van der Waals surface area contributed by atoms with Crippen molar-refractivity contribution in [3.8, 4) is 0 Å². The Kier molecular flexibility index (Phi) is 3.96. The summed E-state index contributed by atoms with van der Waals surface area (Å²) < 4.78 is 0. The Bertz CT molecular complexity index is 393. The van der Waals surface area contributed by atoms with Crippen LogP contribution in [-0.4, -0.2) is 49.4 Å². The Labute approximate surface area is 120 Å². The van der Waals surface area contributed by atoms with Gasteiger partial charge in [-0.15, -0.1) is 0 Å². The minimum Gasteiger partial charge on any atom is -0.346 e. The molecule has 2 saturated heterocycles. The molecule has 3 fully saturated rings. The van der Waals surface area contributed by atoms with Crippen molar-refractivity contribution in [1.82, 2.24) is 15.5 Å². The van der Waals surface area contributed by atoms with E-state index in [4.69, 9.17) is 0 Å². The summed E-state index contributed by atoms with van der Waals surface area (Å²) in [5.74, 6) is 0.628. The molecule has 0 aromatic carbocycles. The summed E-state index contributed by atoms with van der Waals surface area (Å²) in [6, 6.07) is 0. The van der Waals surface area contributed by atoms with E-state index in [2.05, 4.69) is 10.6 Å². The molecule has 0 unspecified atom stereocenters. The highest BCUT2D eigenvalue weighted by molar-refractivity contribution is 5.88. The van der Waals surface area contributed by atoms with Crippen molar-refractivity contribution in [3.05, 3.63) is 0 Å². The van der Waals surface area contributed by atoms with Crippen molar-refractivity contribution < 1.29 is 9.59 Å². The second kappa shape index (κ2) is 5.72. The molecule has 2 heterocycles. The zero-order valence-corrected chi connectivity index (χ0v) is 12.1. The van der Waals surface area contributed by atoms with Crippen LogP contribution in [0.15, 0.2) is 0 Å². The van der Waals surface area contributed by atoms with Crippen LogP contribution in [0.25, 0.3) is 0 Å². The smallest absolute Gasteiger partial charge is 0.241 e. The second-order valence-electron chi connectivity index (χ2n) is 6.50. The first-order chi connectivity index (χ1) is 9.72. The van der Waals surface area contributed by atoms with Gasteiger partial charge in [0.2, 0.25) is 11.8 Å². The molecule has 3 aliphatic rings. The Balaban J connectivity index is 1.56. The topological polar surface area (TPSA) is 61.4 Å². The van der Waals surface area contributed by atoms with Gasteiger partial charge in [-0.2, -0.15) is 0 Å². The van der Waals surface area contributed by atoms with E-state index in [-0.39, 0.29) is 23.8 Å². The molecule has 112 valence electrons. The average molecular weight is 279 g/mol. The predicted octanol–water partition coefficient (Wildman–Crippen LogP) is 0.505. The van der Waals surface area contributed by atoms with E-state index in [1.807, 2.05) is 4.90 Å². The van der Waals surface area contributed by atoms with Gasteiger partial charge >= 0.3 is 0 Å². The summed E-state index contributed by atoms with van der Waals surface area (Å²) in [5.41, 5.74) is -0.246. The van der Waals surface area contributed by atoms with Crippen LogP contribution in [0.2, 0.25) is 0 Å². The van der Waals surface area contributed by atoms with Crippen molar-refractivity contribution in [2.75, 3.05) is 32.7 Å².